The normalized spacial score (nSPS) is 24.0. The summed E-state index contributed by atoms with van der Waals surface area (Å²) in [6.07, 6.45) is 8.25. The van der Waals surface area contributed by atoms with Gasteiger partial charge in [-0.1, -0.05) is 0 Å². The van der Waals surface area contributed by atoms with Crippen LogP contribution < -0.4 is 10.2 Å². The maximum Gasteiger partial charge on any atom is 0.328 e. The van der Waals surface area contributed by atoms with E-state index in [-0.39, 0.29) is 0 Å². The largest absolute Gasteiger partial charge is 0.341 e. The standard InChI is InChI=1S/C18H24N6O2/c1-22-15(16(25)21-18(22)26)12-13-4-7-19-17(20-13)24-10-5-14(6-11-24)23-8-2-3-9-23/h4,7,12,14H,2-3,5-6,8-11H2,1H3,(H,21,25,26)/b15-12-. The van der Waals surface area contributed by atoms with Crippen molar-refractivity contribution >= 4 is 24.0 Å². The van der Waals surface area contributed by atoms with E-state index in [0.717, 1.165) is 25.9 Å². The van der Waals surface area contributed by atoms with Gasteiger partial charge in [0.05, 0.1) is 5.69 Å². The molecular weight excluding hydrogens is 332 g/mol. The predicted molar refractivity (Wildman–Crippen MR) is 97.4 cm³/mol. The molecule has 0 spiro atoms. The third kappa shape index (κ3) is 3.29. The molecule has 0 aromatic carbocycles. The van der Waals surface area contributed by atoms with E-state index >= 15 is 0 Å². The first kappa shape index (κ1) is 17.0. The van der Waals surface area contributed by atoms with Gasteiger partial charge in [-0.15, -0.1) is 0 Å². The van der Waals surface area contributed by atoms with Crippen LogP contribution in [0.4, 0.5) is 10.7 Å². The Kier molecular flexibility index (Phi) is 4.58. The molecule has 0 atom stereocenters. The number of rotatable bonds is 3. The first-order valence-corrected chi connectivity index (χ1v) is 9.24. The van der Waals surface area contributed by atoms with E-state index in [0.29, 0.717) is 23.4 Å². The number of nitrogens with zero attached hydrogens (tertiary/aromatic N) is 5. The van der Waals surface area contributed by atoms with Crippen molar-refractivity contribution in [1.82, 2.24) is 25.1 Å². The summed E-state index contributed by atoms with van der Waals surface area (Å²) in [6.45, 7) is 4.36. The van der Waals surface area contributed by atoms with Crippen molar-refractivity contribution < 1.29 is 9.59 Å². The molecule has 0 unspecified atom stereocenters. The maximum atomic E-state index is 11.8. The van der Waals surface area contributed by atoms with Gasteiger partial charge in [0.2, 0.25) is 5.95 Å². The highest BCUT2D eigenvalue weighted by atomic mass is 16.2. The van der Waals surface area contributed by atoms with E-state index in [1.54, 1.807) is 25.4 Å². The number of likely N-dealkylation sites (tertiary alicyclic amines) is 1. The lowest BCUT2D eigenvalue weighted by atomic mass is 10.0. The molecule has 1 aromatic heterocycles. The fourth-order valence-corrected chi connectivity index (χ4v) is 3.94. The Morgan fingerprint density at radius 2 is 1.88 bits per heavy atom. The molecule has 0 bridgehead atoms. The van der Waals surface area contributed by atoms with Crippen LogP contribution in [0.3, 0.4) is 0 Å². The number of aromatic nitrogens is 2. The number of anilines is 1. The smallest absolute Gasteiger partial charge is 0.328 e. The van der Waals surface area contributed by atoms with Gasteiger partial charge in [-0.3, -0.25) is 15.0 Å². The molecule has 3 aliphatic rings. The molecule has 3 saturated heterocycles. The van der Waals surface area contributed by atoms with E-state index in [2.05, 4.69) is 25.1 Å². The summed E-state index contributed by atoms with van der Waals surface area (Å²) in [5.74, 6) is 0.288. The van der Waals surface area contributed by atoms with Gasteiger partial charge in [0.1, 0.15) is 5.70 Å². The van der Waals surface area contributed by atoms with Crippen LogP contribution in [0.25, 0.3) is 6.08 Å². The molecule has 138 valence electrons. The number of hydrogen-bond acceptors (Lipinski definition) is 6. The number of likely N-dealkylation sites (N-methyl/N-ethyl adjacent to an activating group) is 1. The molecule has 0 aliphatic carbocycles. The Morgan fingerprint density at radius 1 is 1.15 bits per heavy atom. The molecule has 3 fully saturated rings. The molecule has 4 rings (SSSR count). The number of amides is 3. The third-order valence-corrected chi connectivity index (χ3v) is 5.47. The van der Waals surface area contributed by atoms with Gasteiger partial charge in [0.25, 0.3) is 5.91 Å². The van der Waals surface area contributed by atoms with Gasteiger partial charge >= 0.3 is 6.03 Å². The number of nitrogens with one attached hydrogen (secondary N) is 1. The first-order valence-electron chi connectivity index (χ1n) is 9.24. The molecule has 3 aliphatic heterocycles. The topological polar surface area (TPSA) is 81.7 Å². The predicted octanol–water partition coefficient (Wildman–Crippen LogP) is 1.06. The van der Waals surface area contributed by atoms with E-state index in [1.807, 2.05) is 0 Å². The SMILES string of the molecule is CN1C(=O)NC(=O)/C1=C/c1ccnc(N2CCC(N3CCCC3)CC2)n1. The molecule has 8 nitrogen and oxygen atoms in total. The molecule has 1 N–H and O–H groups in total. The molecule has 1 aromatic rings. The van der Waals surface area contributed by atoms with Crippen molar-refractivity contribution in [3.8, 4) is 0 Å². The summed E-state index contributed by atoms with van der Waals surface area (Å²) in [5, 5.41) is 2.27. The van der Waals surface area contributed by atoms with Crippen LogP contribution in [-0.2, 0) is 4.79 Å². The van der Waals surface area contributed by atoms with E-state index in [9.17, 15) is 9.59 Å². The summed E-state index contributed by atoms with van der Waals surface area (Å²) in [5.41, 5.74) is 0.927. The number of imide groups is 1. The van der Waals surface area contributed by atoms with Crippen molar-refractivity contribution in [2.24, 2.45) is 0 Å². The van der Waals surface area contributed by atoms with Crippen LogP contribution in [-0.4, -0.2) is 71.0 Å². The second-order valence-electron chi connectivity index (χ2n) is 7.09. The van der Waals surface area contributed by atoms with Crippen molar-refractivity contribution in [1.29, 1.82) is 0 Å². The molecular formula is C18H24N6O2. The Labute approximate surface area is 152 Å². The molecule has 3 amide bonds. The van der Waals surface area contributed by atoms with Crippen LogP contribution >= 0.6 is 0 Å². The second-order valence-corrected chi connectivity index (χ2v) is 7.09. The highest BCUT2D eigenvalue weighted by Crippen LogP contribution is 2.23. The first-order chi connectivity index (χ1) is 12.6. The average molecular weight is 356 g/mol. The maximum absolute atomic E-state index is 11.8. The van der Waals surface area contributed by atoms with Gasteiger partial charge in [0, 0.05) is 32.4 Å². The van der Waals surface area contributed by atoms with Gasteiger partial charge in [0.15, 0.2) is 0 Å². The van der Waals surface area contributed by atoms with Gasteiger partial charge in [-0.05, 0) is 50.9 Å². The highest BCUT2D eigenvalue weighted by molar-refractivity contribution is 6.13. The average Bonchev–Trinajstić information content (AvgIpc) is 3.27. The second kappa shape index (κ2) is 7.03. The lowest BCUT2D eigenvalue weighted by molar-refractivity contribution is -0.115. The van der Waals surface area contributed by atoms with Crippen LogP contribution in [0.1, 0.15) is 31.4 Å². The fraction of sp³-hybridized carbons (Fsp3) is 0.556. The van der Waals surface area contributed by atoms with Crippen LogP contribution in [0.15, 0.2) is 18.0 Å². The van der Waals surface area contributed by atoms with Crippen molar-refractivity contribution in [3.05, 3.63) is 23.7 Å². The lowest BCUT2D eigenvalue weighted by Crippen LogP contribution is -2.44. The summed E-state index contributed by atoms with van der Waals surface area (Å²) >= 11 is 0. The number of carbonyl (C=O) groups is 2. The minimum atomic E-state index is -0.417. The molecule has 8 heteroatoms. The Balaban J connectivity index is 1.45. The minimum absolute atomic E-state index is 0.299. The number of piperidine rings is 1. The molecule has 26 heavy (non-hydrogen) atoms. The number of urea groups is 1. The van der Waals surface area contributed by atoms with E-state index in [1.165, 1.54) is 30.8 Å². The highest BCUT2D eigenvalue weighted by Gasteiger charge is 2.30. The van der Waals surface area contributed by atoms with Crippen LogP contribution in [0.5, 0.6) is 0 Å². The van der Waals surface area contributed by atoms with Gasteiger partial charge in [-0.25, -0.2) is 14.8 Å². The fourth-order valence-electron chi connectivity index (χ4n) is 3.94. The summed E-state index contributed by atoms with van der Waals surface area (Å²) in [4.78, 5) is 38.5. The van der Waals surface area contributed by atoms with Crippen molar-refractivity contribution in [2.45, 2.75) is 31.7 Å². The van der Waals surface area contributed by atoms with Gasteiger partial charge < -0.3 is 9.80 Å². The Hall–Kier alpha value is -2.48. The summed E-state index contributed by atoms with van der Waals surface area (Å²) in [6, 6.07) is 2.01. The van der Waals surface area contributed by atoms with Crippen LogP contribution in [0, 0.1) is 0 Å². The minimum Gasteiger partial charge on any atom is -0.341 e. The zero-order chi connectivity index (χ0) is 18.1. The van der Waals surface area contributed by atoms with E-state index < -0.39 is 11.9 Å². The quantitative estimate of drug-likeness (QED) is 0.644. The Bertz CT molecular complexity index is 735. The van der Waals surface area contributed by atoms with E-state index in [4.69, 9.17) is 0 Å². The summed E-state index contributed by atoms with van der Waals surface area (Å²) < 4.78 is 0. The third-order valence-electron chi connectivity index (χ3n) is 5.47. The number of hydrogen-bond donors (Lipinski definition) is 1. The van der Waals surface area contributed by atoms with Gasteiger partial charge in [-0.2, -0.15) is 0 Å². The monoisotopic (exact) mass is 356 g/mol. The lowest BCUT2D eigenvalue weighted by Gasteiger charge is -2.36. The zero-order valence-corrected chi connectivity index (χ0v) is 15.0. The Morgan fingerprint density at radius 3 is 2.54 bits per heavy atom. The molecule has 0 saturated carbocycles. The van der Waals surface area contributed by atoms with Crippen molar-refractivity contribution in [3.63, 3.8) is 0 Å². The molecule has 0 radical (unpaired) electrons. The molecule has 4 heterocycles. The van der Waals surface area contributed by atoms with Crippen molar-refractivity contribution in [2.75, 3.05) is 38.1 Å². The summed E-state index contributed by atoms with van der Waals surface area (Å²) in [7, 11) is 1.57. The number of carbonyl (C=O) groups excluding carboxylic acids is 2. The zero-order valence-electron chi connectivity index (χ0n) is 15.0. The van der Waals surface area contributed by atoms with Crippen LogP contribution in [0.2, 0.25) is 0 Å².